The number of aromatic nitrogens is 1. The Balaban J connectivity index is 2.33. The first-order valence-corrected chi connectivity index (χ1v) is 6.56. The van der Waals surface area contributed by atoms with Crippen LogP contribution >= 0.6 is 0 Å². The molecule has 1 aromatic heterocycles. The van der Waals surface area contributed by atoms with Crippen LogP contribution in [0, 0.1) is 5.92 Å². The SMILES string of the molecule is CC(C)CCC(C)(O)CNC(=O)Nc1cccnc1. The van der Waals surface area contributed by atoms with Crippen molar-refractivity contribution in [3.8, 4) is 0 Å². The summed E-state index contributed by atoms with van der Waals surface area (Å²) < 4.78 is 0. The molecular weight excluding hydrogens is 242 g/mol. The van der Waals surface area contributed by atoms with Gasteiger partial charge in [0.15, 0.2) is 0 Å². The zero-order valence-electron chi connectivity index (χ0n) is 11.8. The van der Waals surface area contributed by atoms with Crippen LogP contribution in [-0.2, 0) is 0 Å². The van der Waals surface area contributed by atoms with Crippen molar-refractivity contribution >= 4 is 11.7 Å². The molecule has 1 rings (SSSR count). The van der Waals surface area contributed by atoms with Crippen molar-refractivity contribution in [2.24, 2.45) is 5.92 Å². The average molecular weight is 265 g/mol. The van der Waals surface area contributed by atoms with Gasteiger partial charge in [-0.15, -0.1) is 0 Å². The first kappa shape index (κ1) is 15.4. The van der Waals surface area contributed by atoms with Crippen LogP contribution in [0.1, 0.15) is 33.6 Å². The highest BCUT2D eigenvalue weighted by atomic mass is 16.3. The maximum absolute atomic E-state index is 11.6. The quantitative estimate of drug-likeness (QED) is 0.739. The van der Waals surface area contributed by atoms with Crippen LogP contribution < -0.4 is 10.6 Å². The number of hydrogen-bond donors (Lipinski definition) is 3. The molecule has 0 spiro atoms. The Bertz CT molecular complexity index is 391. The van der Waals surface area contributed by atoms with E-state index >= 15 is 0 Å². The molecule has 1 atom stereocenters. The maximum atomic E-state index is 11.6. The van der Waals surface area contributed by atoms with Gasteiger partial charge in [0.1, 0.15) is 0 Å². The van der Waals surface area contributed by atoms with E-state index in [1.165, 1.54) is 0 Å². The van der Waals surface area contributed by atoms with E-state index in [4.69, 9.17) is 0 Å². The van der Waals surface area contributed by atoms with Crippen molar-refractivity contribution < 1.29 is 9.90 Å². The first-order valence-electron chi connectivity index (χ1n) is 6.56. The topological polar surface area (TPSA) is 74.2 Å². The second-order valence-electron chi connectivity index (χ2n) is 5.48. The third-order valence-corrected chi connectivity index (χ3v) is 2.81. The number of amides is 2. The van der Waals surface area contributed by atoms with Gasteiger partial charge in [0.05, 0.1) is 17.5 Å². The van der Waals surface area contributed by atoms with Crippen LogP contribution in [-0.4, -0.2) is 28.3 Å². The molecule has 0 radical (unpaired) electrons. The summed E-state index contributed by atoms with van der Waals surface area (Å²) in [4.78, 5) is 15.5. The number of urea groups is 1. The smallest absolute Gasteiger partial charge is 0.319 e. The van der Waals surface area contributed by atoms with E-state index in [0.717, 1.165) is 6.42 Å². The Morgan fingerprint density at radius 2 is 2.26 bits per heavy atom. The minimum Gasteiger partial charge on any atom is -0.388 e. The molecule has 0 aliphatic heterocycles. The van der Waals surface area contributed by atoms with Crippen LogP contribution in [0.25, 0.3) is 0 Å². The summed E-state index contributed by atoms with van der Waals surface area (Å²) in [5, 5.41) is 15.4. The molecule has 1 aromatic rings. The predicted octanol–water partition coefficient (Wildman–Crippen LogP) is 2.39. The molecule has 0 saturated carbocycles. The van der Waals surface area contributed by atoms with Crippen LogP contribution in [0.4, 0.5) is 10.5 Å². The third-order valence-electron chi connectivity index (χ3n) is 2.81. The molecule has 3 N–H and O–H groups in total. The summed E-state index contributed by atoms with van der Waals surface area (Å²) in [7, 11) is 0. The number of rotatable bonds is 6. The Morgan fingerprint density at radius 3 is 2.84 bits per heavy atom. The molecule has 5 heteroatoms. The van der Waals surface area contributed by atoms with Crippen molar-refractivity contribution in [3.05, 3.63) is 24.5 Å². The van der Waals surface area contributed by atoms with E-state index in [9.17, 15) is 9.90 Å². The summed E-state index contributed by atoms with van der Waals surface area (Å²) >= 11 is 0. The highest BCUT2D eigenvalue weighted by Gasteiger charge is 2.21. The standard InChI is InChI=1S/C14H23N3O2/c1-11(2)6-7-14(3,19)10-16-13(18)17-12-5-4-8-15-9-12/h4-5,8-9,11,19H,6-7,10H2,1-3H3,(H2,16,17,18). The Labute approximate surface area is 114 Å². The average Bonchev–Trinajstić information content (AvgIpc) is 2.36. The normalized spacial score (nSPS) is 13.9. The van der Waals surface area contributed by atoms with Crippen LogP contribution in [0.15, 0.2) is 24.5 Å². The monoisotopic (exact) mass is 265 g/mol. The van der Waals surface area contributed by atoms with Gasteiger partial charge < -0.3 is 15.7 Å². The fourth-order valence-corrected chi connectivity index (χ4v) is 1.57. The molecule has 1 heterocycles. The van der Waals surface area contributed by atoms with Gasteiger partial charge in [0, 0.05) is 12.7 Å². The second kappa shape index (κ2) is 7.09. The second-order valence-corrected chi connectivity index (χ2v) is 5.48. The lowest BCUT2D eigenvalue weighted by Crippen LogP contribution is -2.42. The number of hydrogen-bond acceptors (Lipinski definition) is 3. The molecule has 1 unspecified atom stereocenters. The number of nitrogens with one attached hydrogen (secondary N) is 2. The van der Waals surface area contributed by atoms with Crippen LogP contribution in [0.2, 0.25) is 0 Å². The van der Waals surface area contributed by atoms with Gasteiger partial charge in [-0.1, -0.05) is 13.8 Å². The van der Waals surface area contributed by atoms with Crippen molar-refractivity contribution in [1.82, 2.24) is 10.3 Å². The van der Waals surface area contributed by atoms with Crippen molar-refractivity contribution in [1.29, 1.82) is 0 Å². The zero-order chi connectivity index (χ0) is 14.3. The molecule has 106 valence electrons. The fourth-order valence-electron chi connectivity index (χ4n) is 1.57. The molecule has 0 aliphatic carbocycles. The van der Waals surface area contributed by atoms with Crippen LogP contribution in [0.5, 0.6) is 0 Å². The molecule has 2 amide bonds. The molecule has 0 aliphatic rings. The summed E-state index contributed by atoms with van der Waals surface area (Å²) in [5.41, 5.74) is -0.252. The van der Waals surface area contributed by atoms with Gasteiger partial charge in [0.2, 0.25) is 0 Å². The number of anilines is 1. The summed E-state index contributed by atoms with van der Waals surface area (Å²) in [6.07, 6.45) is 4.80. The number of aliphatic hydroxyl groups is 1. The molecule has 5 nitrogen and oxygen atoms in total. The van der Waals surface area contributed by atoms with Gasteiger partial charge in [0.25, 0.3) is 0 Å². The van der Waals surface area contributed by atoms with E-state index in [1.54, 1.807) is 31.5 Å². The van der Waals surface area contributed by atoms with Gasteiger partial charge in [-0.05, 0) is 37.8 Å². The Hall–Kier alpha value is -1.62. The fraction of sp³-hybridized carbons (Fsp3) is 0.571. The van der Waals surface area contributed by atoms with E-state index in [0.29, 0.717) is 18.0 Å². The minimum atomic E-state index is -0.878. The highest BCUT2D eigenvalue weighted by Crippen LogP contribution is 2.15. The molecule has 0 aromatic carbocycles. The lowest BCUT2D eigenvalue weighted by Gasteiger charge is -2.24. The summed E-state index contributed by atoms with van der Waals surface area (Å²) in [6.45, 7) is 6.18. The predicted molar refractivity (Wildman–Crippen MR) is 76.0 cm³/mol. The molecular formula is C14H23N3O2. The first-order chi connectivity index (χ1) is 8.89. The van der Waals surface area contributed by atoms with Crippen molar-refractivity contribution in [2.75, 3.05) is 11.9 Å². The molecule has 0 saturated heterocycles. The number of nitrogens with zero attached hydrogens (tertiary/aromatic N) is 1. The molecule has 19 heavy (non-hydrogen) atoms. The van der Waals surface area contributed by atoms with Gasteiger partial charge in [-0.3, -0.25) is 4.98 Å². The highest BCUT2D eigenvalue weighted by molar-refractivity contribution is 5.88. The third kappa shape index (κ3) is 6.76. The van der Waals surface area contributed by atoms with Gasteiger partial charge in [-0.2, -0.15) is 0 Å². The van der Waals surface area contributed by atoms with E-state index in [1.807, 2.05) is 0 Å². The zero-order valence-corrected chi connectivity index (χ0v) is 11.8. The van der Waals surface area contributed by atoms with Gasteiger partial charge >= 0.3 is 6.03 Å². The van der Waals surface area contributed by atoms with Gasteiger partial charge in [-0.25, -0.2) is 4.79 Å². The Morgan fingerprint density at radius 1 is 1.53 bits per heavy atom. The van der Waals surface area contributed by atoms with E-state index in [-0.39, 0.29) is 12.6 Å². The lowest BCUT2D eigenvalue weighted by atomic mass is 9.95. The number of carbonyl (C=O) groups excluding carboxylic acids is 1. The molecule has 0 bridgehead atoms. The van der Waals surface area contributed by atoms with E-state index in [2.05, 4.69) is 29.5 Å². The maximum Gasteiger partial charge on any atom is 0.319 e. The number of pyridine rings is 1. The van der Waals surface area contributed by atoms with Crippen molar-refractivity contribution in [2.45, 2.75) is 39.2 Å². The summed E-state index contributed by atoms with van der Waals surface area (Å²) in [5.74, 6) is 0.538. The lowest BCUT2D eigenvalue weighted by molar-refractivity contribution is 0.0481. The largest absolute Gasteiger partial charge is 0.388 e. The Kier molecular flexibility index (Phi) is 5.76. The van der Waals surface area contributed by atoms with Crippen molar-refractivity contribution in [3.63, 3.8) is 0 Å². The van der Waals surface area contributed by atoms with Crippen LogP contribution in [0.3, 0.4) is 0 Å². The van der Waals surface area contributed by atoms with E-state index < -0.39 is 5.60 Å². The summed E-state index contributed by atoms with van der Waals surface area (Å²) in [6, 6.07) is 3.16. The molecule has 0 fully saturated rings. The minimum absolute atomic E-state index is 0.228. The number of carbonyl (C=O) groups is 1.